The third kappa shape index (κ3) is 2.76. The number of anilines is 1. The van der Waals surface area contributed by atoms with E-state index < -0.39 is 0 Å². The number of nitrogens with two attached hydrogens (primary N) is 1. The zero-order valence-corrected chi connectivity index (χ0v) is 18.1. The summed E-state index contributed by atoms with van der Waals surface area (Å²) in [4.78, 5) is 15.5. The molecule has 0 spiro atoms. The molecule has 0 bridgehead atoms. The highest BCUT2D eigenvalue weighted by molar-refractivity contribution is 5.89. The molecule has 0 amide bonds. The van der Waals surface area contributed by atoms with Crippen molar-refractivity contribution in [2.24, 2.45) is 7.05 Å². The van der Waals surface area contributed by atoms with Gasteiger partial charge >= 0.3 is 0 Å². The lowest BCUT2D eigenvalue weighted by molar-refractivity contribution is -0.567. The van der Waals surface area contributed by atoms with Crippen LogP contribution < -0.4 is 31.0 Å². The Morgan fingerprint density at radius 1 is 1.17 bits per heavy atom. The quantitative estimate of drug-likeness (QED) is 0.566. The highest BCUT2D eigenvalue weighted by atomic mass is 16.5. The number of benzene rings is 2. The van der Waals surface area contributed by atoms with Crippen molar-refractivity contribution in [2.45, 2.75) is 27.2 Å². The normalized spacial score (nSPS) is 14.5. The van der Waals surface area contributed by atoms with E-state index in [9.17, 15) is 4.79 Å². The van der Waals surface area contributed by atoms with Crippen molar-refractivity contribution in [1.82, 2.24) is 4.57 Å². The van der Waals surface area contributed by atoms with Gasteiger partial charge in [0, 0.05) is 61.4 Å². The van der Waals surface area contributed by atoms with Gasteiger partial charge in [0.1, 0.15) is 17.2 Å². The molecule has 0 fully saturated rings. The minimum atomic E-state index is -0.0200. The van der Waals surface area contributed by atoms with Crippen molar-refractivity contribution < 1.29 is 10.1 Å². The van der Waals surface area contributed by atoms with Gasteiger partial charge in [0.2, 0.25) is 0 Å². The molecule has 0 atom stereocenters. The lowest BCUT2D eigenvalue weighted by Crippen LogP contribution is -2.84. The lowest BCUT2D eigenvalue weighted by Gasteiger charge is -2.24. The first-order chi connectivity index (χ1) is 14.5. The number of nitrogens with zero attached hydrogens (tertiary/aromatic N) is 2. The summed E-state index contributed by atoms with van der Waals surface area (Å²) in [5, 5.41) is 5.17. The van der Waals surface area contributed by atoms with E-state index in [1.54, 1.807) is 4.57 Å². The summed E-state index contributed by atoms with van der Waals surface area (Å²) in [5.41, 5.74) is 5.60. The molecule has 1 aromatic heterocycles. The third-order valence-electron chi connectivity index (χ3n) is 6.53. The number of hydrogen-bond donors (Lipinski definition) is 1. The molecule has 30 heavy (non-hydrogen) atoms. The Bertz CT molecular complexity index is 1360. The largest absolute Gasteiger partial charge is 0.455 e. The molecule has 3 aromatic rings. The molecule has 5 rings (SSSR count). The summed E-state index contributed by atoms with van der Waals surface area (Å²) in [7, 11) is 1.85. The topological polar surface area (TPSA) is 51.1 Å². The van der Waals surface area contributed by atoms with Crippen LogP contribution in [0.25, 0.3) is 22.7 Å². The van der Waals surface area contributed by atoms with E-state index in [1.807, 2.05) is 13.1 Å². The Kier molecular flexibility index (Phi) is 4.44. The van der Waals surface area contributed by atoms with Gasteiger partial charge < -0.3 is 19.5 Å². The molecule has 2 aliphatic heterocycles. The fourth-order valence-electron chi connectivity index (χ4n) is 4.77. The van der Waals surface area contributed by atoms with Gasteiger partial charge in [0.25, 0.3) is 5.56 Å². The summed E-state index contributed by atoms with van der Waals surface area (Å²) in [6.45, 7) is 9.40. The smallest absolute Gasteiger partial charge is 0.261 e. The summed E-state index contributed by atoms with van der Waals surface area (Å²) in [6, 6.07) is 10.6. The molecule has 0 unspecified atom stereocenters. The fraction of sp³-hybridized carbons (Fsp3) is 0.320. The van der Waals surface area contributed by atoms with Crippen LogP contribution in [0.1, 0.15) is 31.9 Å². The number of ether oxygens (including phenoxy) is 1. The monoisotopic (exact) mass is 402 g/mol. The van der Waals surface area contributed by atoms with Crippen LogP contribution in [0.2, 0.25) is 0 Å². The van der Waals surface area contributed by atoms with E-state index >= 15 is 0 Å². The number of quaternary nitrogens is 1. The van der Waals surface area contributed by atoms with Gasteiger partial charge in [-0.15, -0.1) is 0 Å². The van der Waals surface area contributed by atoms with E-state index in [-0.39, 0.29) is 5.56 Å². The van der Waals surface area contributed by atoms with Crippen LogP contribution in [0, 0.1) is 0 Å². The Hall–Kier alpha value is -3.05. The fourth-order valence-corrected chi connectivity index (χ4v) is 4.77. The van der Waals surface area contributed by atoms with Crippen LogP contribution in [-0.4, -0.2) is 24.2 Å². The zero-order valence-electron chi connectivity index (χ0n) is 18.1. The molecule has 0 saturated heterocycles. The van der Waals surface area contributed by atoms with Crippen molar-refractivity contribution in [3.05, 3.63) is 62.2 Å². The number of hydrogen-bond acceptors (Lipinski definition) is 3. The standard InChI is InChI=1S/C25H27N3O2/c1-5-28(6-2)18-8-7-17-12-21-24(30-23(17)13-18)20-11-16-9-10-26-15(3)19(16)14-22(20)27(4)25(21)29/h7-8,11-14,26H,5-6,9-10H2,1-4H3/p+1. The van der Waals surface area contributed by atoms with Crippen molar-refractivity contribution in [3.63, 3.8) is 0 Å². The zero-order chi connectivity index (χ0) is 21.0. The van der Waals surface area contributed by atoms with E-state index in [0.29, 0.717) is 11.0 Å². The number of aryl methyl sites for hydroxylation is 1. The molecule has 0 saturated carbocycles. The number of aromatic nitrogens is 1. The van der Waals surface area contributed by atoms with Crippen LogP contribution in [0.15, 0.2) is 35.1 Å². The molecule has 0 aliphatic carbocycles. The van der Waals surface area contributed by atoms with Gasteiger partial charge in [-0.1, -0.05) is 0 Å². The molecule has 2 N–H and O–H groups in total. The van der Waals surface area contributed by atoms with Crippen LogP contribution in [0.5, 0.6) is 11.5 Å². The Labute approximate surface area is 175 Å². The summed E-state index contributed by atoms with van der Waals surface area (Å²) in [5.74, 6) is 1.50. The van der Waals surface area contributed by atoms with Gasteiger partial charge in [-0.25, -0.2) is 0 Å². The predicted molar refractivity (Wildman–Crippen MR) is 122 cm³/mol. The Morgan fingerprint density at radius 3 is 2.73 bits per heavy atom. The second-order valence-corrected chi connectivity index (χ2v) is 8.20. The van der Waals surface area contributed by atoms with Crippen molar-refractivity contribution in [3.8, 4) is 11.5 Å². The number of pyridine rings is 1. The minimum Gasteiger partial charge on any atom is -0.455 e. The maximum atomic E-state index is 13.2. The number of fused-ring (bicyclic) bond motifs is 5. The molecular weight excluding hydrogens is 374 g/mol. The van der Waals surface area contributed by atoms with Gasteiger partial charge in [-0.3, -0.25) is 4.79 Å². The molecule has 5 heteroatoms. The van der Waals surface area contributed by atoms with Crippen LogP contribution >= 0.6 is 0 Å². The minimum absolute atomic E-state index is 0.0200. The SMILES string of the molecule is CCN(CC)c1ccc2c(c1)Oc1c(c(=O)n(C)c3cc4c(cc13)CC[NH2+]C=4C)=C2. The summed E-state index contributed by atoms with van der Waals surface area (Å²) >= 11 is 0. The lowest BCUT2D eigenvalue weighted by atomic mass is 9.99. The molecule has 2 aromatic carbocycles. The first-order valence-corrected chi connectivity index (χ1v) is 10.8. The van der Waals surface area contributed by atoms with Gasteiger partial charge in [-0.05, 0) is 49.8 Å². The van der Waals surface area contributed by atoms with E-state index in [1.165, 1.54) is 16.5 Å². The average Bonchev–Trinajstić information content (AvgIpc) is 2.77. The molecule has 2 aliphatic rings. The molecule has 154 valence electrons. The Balaban J connectivity index is 1.79. The van der Waals surface area contributed by atoms with Crippen molar-refractivity contribution >= 4 is 28.4 Å². The molecular formula is C25H28N3O2+. The summed E-state index contributed by atoms with van der Waals surface area (Å²) in [6.07, 6.45) is 3.00. The molecule has 0 radical (unpaired) electrons. The van der Waals surface area contributed by atoms with E-state index in [0.717, 1.165) is 54.0 Å². The number of rotatable bonds is 3. The first kappa shape index (κ1) is 18.9. The van der Waals surface area contributed by atoms with Crippen molar-refractivity contribution in [1.29, 1.82) is 0 Å². The first-order valence-electron chi connectivity index (χ1n) is 10.8. The molecule has 3 heterocycles. The van der Waals surface area contributed by atoms with Crippen molar-refractivity contribution in [2.75, 3.05) is 24.5 Å². The maximum absolute atomic E-state index is 13.2. The van der Waals surface area contributed by atoms with Crippen LogP contribution in [0.3, 0.4) is 0 Å². The second kappa shape index (κ2) is 7.03. The summed E-state index contributed by atoms with van der Waals surface area (Å²) < 4.78 is 8.19. The highest BCUT2D eigenvalue weighted by Crippen LogP contribution is 2.34. The van der Waals surface area contributed by atoms with E-state index in [2.05, 4.69) is 61.3 Å². The maximum Gasteiger partial charge on any atom is 0.261 e. The van der Waals surface area contributed by atoms with Crippen LogP contribution in [-0.2, 0) is 13.5 Å². The van der Waals surface area contributed by atoms with Gasteiger partial charge in [0.15, 0.2) is 0 Å². The predicted octanol–water partition coefficient (Wildman–Crippen LogP) is 1.57. The third-order valence-corrected chi connectivity index (χ3v) is 6.53. The average molecular weight is 403 g/mol. The highest BCUT2D eigenvalue weighted by Gasteiger charge is 2.21. The van der Waals surface area contributed by atoms with Gasteiger partial charge in [-0.2, -0.15) is 0 Å². The molecule has 5 nitrogen and oxygen atoms in total. The van der Waals surface area contributed by atoms with Crippen LogP contribution in [0.4, 0.5) is 5.69 Å². The Morgan fingerprint density at radius 2 is 1.97 bits per heavy atom. The van der Waals surface area contributed by atoms with Gasteiger partial charge in [0.05, 0.1) is 17.3 Å². The second-order valence-electron chi connectivity index (χ2n) is 8.20. The van der Waals surface area contributed by atoms with E-state index in [4.69, 9.17) is 4.74 Å².